The molecule has 1 fully saturated rings. The van der Waals surface area contributed by atoms with Crippen LogP contribution in [0.5, 0.6) is 11.5 Å². The van der Waals surface area contributed by atoms with Gasteiger partial charge in [-0.3, -0.25) is 4.79 Å². The van der Waals surface area contributed by atoms with Crippen molar-refractivity contribution in [2.24, 2.45) is 0 Å². The number of nitrogens with one attached hydrogen (secondary N) is 1. The molecule has 0 radical (unpaired) electrons. The average molecular weight is 692 g/mol. The molecule has 0 aliphatic carbocycles. The Labute approximate surface area is 268 Å². The topological polar surface area (TPSA) is 113 Å². The smallest absolute Gasteiger partial charge is 0.455 e. The van der Waals surface area contributed by atoms with E-state index in [1.54, 1.807) is 41.3 Å². The van der Waals surface area contributed by atoms with E-state index in [4.69, 9.17) is 16.3 Å². The summed E-state index contributed by atoms with van der Waals surface area (Å²) in [6, 6.07) is 21.2. The lowest BCUT2D eigenvalue weighted by Crippen LogP contribution is -2.52. The quantitative estimate of drug-likeness (QED) is 0.248. The Morgan fingerprint density at radius 3 is 2.00 bits per heavy atom. The maximum atomic E-state index is 14.1. The predicted octanol–water partition coefficient (Wildman–Crippen LogP) is 6.42. The van der Waals surface area contributed by atoms with Gasteiger partial charge in [-0.2, -0.15) is 16.9 Å². The van der Waals surface area contributed by atoms with Gasteiger partial charge in [-0.25, -0.2) is 16.8 Å². The van der Waals surface area contributed by atoms with E-state index in [-0.39, 0.29) is 42.1 Å². The first-order valence-corrected chi connectivity index (χ1v) is 17.2. The fraction of sp³-hybridized carbons (Fsp3) is 0.194. The summed E-state index contributed by atoms with van der Waals surface area (Å²) in [5.74, 6) is -1.85. The van der Waals surface area contributed by atoms with E-state index in [1.807, 2.05) is 0 Å². The molecule has 0 spiro atoms. The fourth-order valence-corrected chi connectivity index (χ4v) is 9.83. The molecule has 2 aliphatic heterocycles. The standard InChI is InChI=1S/C31H25ClF3N3O6S2/c32-23-18-26-28(44-27-16-8-7-14-22(27)29-24(15-9-17-37(26)29)36-30(39)31(33,34)35)19-25(23)38(45(40,41)20-10-3-1-4-11-20)46(42,43)21-12-5-2-6-13-21/h1-8,10-14,16,18-19,24,29H,9,15,17H2,(H,36,39). The highest BCUT2D eigenvalue weighted by Gasteiger charge is 2.45. The molecule has 0 bridgehead atoms. The van der Waals surface area contributed by atoms with Gasteiger partial charge in [0.15, 0.2) is 5.75 Å². The van der Waals surface area contributed by atoms with Gasteiger partial charge in [-0.05, 0) is 49.2 Å². The number of fused-ring (bicyclic) bond motifs is 5. The number of hydrogen-bond acceptors (Lipinski definition) is 7. The molecule has 9 nitrogen and oxygen atoms in total. The molecule has 2 unspecified atom stereocenters. The number of piperidine rings is 1. The molecule has 240 valence electrons. The van der Waals surface area contributed by atoms with Gasteiger partial charge in [-0.15, -0.1) is 0 Å². The number of hydrogen-bond donors (Lipinski definition) is 1. The lowest BCUT2D eigenvalue weighted by Gasteiger charge is -2.42. The van der Waals surface area contributed by atoms with Crippen LogP contribution in [0.3, 0.4) is 0 Å². The number of sulfonamides is 2. The van der Waals surface area contributed by atoms with Crippen LogP contribution in [0, 0.1) is 0 Å². The highest BCUT2D eigenvalue weighted by Crippen LogP contribution is 2.51. The number of para-hydroxylation sites is 1. The fourth-order valence-electron chi connectivity index (χ4n) is 5.73. The molecule has 2 aliphatic rings. The first-order chi connectivity index (χ1) is 21.8. The third-order valence-corrected chi connectivity index (χ3v) is 12.2. The Kier molecular flexibility index (Phi) is 8.15. The van der Waals surface area contributed by atoms with Gasteiger partial charge in [-0.1, -0.05) is 66.2 Å². The summed E-state index contributed by atoms with van der Waals surface area (Å²) >= 11 is 6.75. The number of rotatable bonds is 6. The average Bonchev–Trinajstić information content (AvgIpc) is 3.16. The third-order valence-electron chi connectivity index (χ3n) is 7.72. The van der Waals surface area contributed by atoms with E-state index in [0.717, 1.165) is 0 Å². The normalized spacial score (nSPS) is 17.9. The van der Waals surface area contributed by atoms with Gasteiger partial charge in [0.05, 0.1) is 38.3 Å². The number of ether oxygens (including phenoxy) is 1. The second kappa shape index (κ2) is 11.8. The summed E-state index contributed by atoms with van der Waals surface area (Å²) in [7, 11) is -9.60. The van der Waals surface area contributed by atoms with E-state index in [1.165, 1.54) is 60.7 Å². The minimum absolute atomic E-state index is 0.00803. The molecule has 2 heterocycles. The minimum atomic E-state index is -5.10. The molecule has 4 aromatic rings. The van der Waals surface area contributed by atoms with Crippen molar-refractivity contribution in [2.75, 3.05) is 15.2 Å². The summed E-state index contributed by atoms with van der Waals surface area (Å²) in [5, 5.41) is 1.83. The highest BCUT2D eigenvalue weighted by atomic mass is 35.5. The van der Waals surface area contributed by atoms with Crippen molar-refractivity contribution in [1.82, 2.24) is 5.32 Å². The molecular formula is C31H25ClF3N3O6S2. The number of amides is 1. The summed E-state index contributed by atoms with van der Waals surface area (Å²) in [4.78, 5) is 13.1. The monoisotopic (exact) mass is 691 g/mol. The lowest BCUT2D eigenvalue weighted by atomic mass is 9.89. The molecule has 0 saturated carbocycles. The zero-order chi connectivity index (χ0) is 32.9. The van der Waals surface area contributed by atoms with Crippen LogP contribution in [0.4, 0.5) is 24.5 Å². The van der Waals surface area contributed by atoms with Gasteiger partial charge >= 0.3 is 12.1 Å². The van der Waals surface area contributed by atoms with Crippen LogP contribution in [-0.2, 0) is 24.8 Å². The van der Waals surface area contributed by atoms with E-state index in [9.17, 15) is 34.8 Å². The van der Waals surface area contributed by atoms with Crippen molar-refractivity contribution in [2.45, 2.75) is 40.9 Å². The number of alkyl halides is 3. The van der Waals surface area contributed by atoms with Gasteiger partial charge in [0.1, 0.15) is 5.75 Å². The Balaban J connectivity index is 1.54. The van der Waals surface area contributed by atoms with Crippen LogP contribution < -0.4 is 18.7 Å². The van der Waals surface area contributed by atoms with Crippen LogP contribution in [0.1, 0.15) is 24.4 Å². The molecule has 6 rings (SSSR count). The Morgan fingerprint density at radius 1 is 0.848 bits per heavy atom. The Morgan fingerprint density at radius 2 is 1.41 bits per heavy atom. The second-order valence-corrected chi connectivity index (χ2v) is 14.8. The molecule has 46 heavy (non-hydrogen) atoms. The summed E-state index contributed by atoms with van der Waals surface area (Å²) in [5.41, 5.74) is 0.312. The summed E-state index contributed by atoms with van der Waals surface area (Å²) in [6.07, 6.45) is -4.48. The van der Waals surface area contributed by atoms with Crippen LogP contribution in [0.25, 0.3) is 0 Å². The molecule has 0 aromatic heterocycles. The third kappa shape index (κ3) is 5.65. The van der Waals surface area contributed by atoms with Crippen LogP contribution in [0.15, 0.2) is 107 Å². The van der Waals surface area contributed by atoms with Crippen LogP contribution >= 0.6 is 11.6 Å². The molecule has 4 aromatic carbocycles. The number of anilines is 2. The van der Waals surface area contributed by atoms with E-state index >= 15 is 0 Å². The first kappa shape index (κ1) is 31.7. The van der Waals surface area contributed by atoms with Crippen LogP contribution in [-0.4, -0.2) is 41.5 Å². The predicted molar refractivity (Wildman–Crippen MR) is 165 cm³/mol. The maximum Gasteiger partial charge on any atom is 0.471 e. The van der Waals surface area contributed by atoms with E-state index in [2.05, 4.69) is 5.32 Å². The molecule has 1 amide bonds. The van der Waals surface area contributed by atoms with Crippen molar-refractivity contribution in [3.8, 4) is 11.5 Å². The second-order valence-electron chi connectivity index (χ2n) is 10.6. The number of carbonyl (C=O) groups excluding carboxylic acids is 1. The number of carbonyl (C=O) groups is 1. The lowest BCUT2D eigenvalue weighted by molar-refractivity contribution is -0.174. The van der Waals surface area contributed by atoms with Gasteiger partial charge in [0.25, 0.3) is 20.0 Å². The van der Waals surface area contributed by atoms with Crippen molar-refractivity contribution in [3.63, 3.8) is 0 Å². The van der Waals surface area contributed by atoms with Crippen molar-refractivity contribution >= 4 is 48.9 Å². The zero-order valence-electron chi connectivity index (χ0n) is 23.7. The van der Waals surface area contributed by atoms with Gasteiger partial charge in [0.2, 0.25) is 0 Å². The molecule has 2 atom stereocenters. The minimum Gasteiger partial charge on any atom is -0.455 e. The Bertz CT molecular complexity index is 1940. The number of halogens is 4. The number of nitrogens with zero attached hydrogens (tertiary/aromatic N) is 2. The maximum absolute atomic E-state index is 14.1. The summed E-state index contributed by atoms with van der Waals surface area (Å²) in [6.45, 7) is 0.317. The highest BCUT2D eigenvalue weighted by molar-refractivity contribution is 8.10. The molecule has 1 saturated heterocycles. The number of benzene rings is 4. The van der Waals surface area contributed by atoms with Crippen LogP contribution in [0.2, 0.25) is 5.02 Å². The molecular weight excluding hydrogens is 667 g/mol. The largest absolute Gasteiger partial charge is 0.471 e. The zero-order valence-corrected chi connectivity index (χ0v) is 26.1. The van der Waals surface area contributed by atoms with Crippen molar-refractivity contribution in [1.29, 1.82) is 0 Å². The SMILES string of the molecule is O=C(NC1CCCN2c3cc(Cl)c(N(S(=O)(=O)c4ccccc4)S(=O)(=O)c4ccccc4)cc3Oc3ccccc3C12)C(F)(F)F. The van der Waals surface area contributed by atoms with E-state index < -0.39 is 49.9 Å². The molecule has 1 N–H and O–H groups in total. The van der Waals surface area contributed by atoms with Crippen molar-refractivity contribution in [3.05, 3.63) is 108 Å². The molecule has 15 heteroatoms. The van der Waals surface area contributed by atoms with Gasteiger partial charge < -0.3 is 15.0 Å². The Hall–Kier alpha value is -4.27. The van der Waals surface area contributed by atoms with Gasteiger partial charge in [0, 0.05) is 18.2 Å². The first-order valence-electron chi connectivity index (χ1n) is 14.0. The van der Waals surface area contributed by atoms with Crippen molar-refractivity contribution < 1.29 is 39.5 Å². The summed E-state index contributed by atoms with van der Waals surface area (Å²) < 4.78 is 103. The van der Waals surface area contributed by atoms with E-state index in [0.29, 0.717) is 18.5 Å².